The van der Waals surface area contributed by atoms with Crippen molar-refractivity contribution in [3.05, 3.63) is 0 Å². The topological polar surface area (TPSA) is 49.5 Å². The summed E-state index contributed by atoms with van der Waals surface area (Å²) in [7, 11) is 0. The van der Waals surface area contributed by atoms with E-state index >= 15 is 0 Å². The molecule has 1 aliphatic heterocycles. The van der Waals surface area contributed by atoms with Crippen molar-refractivity contribution >= 4 is 0 Å². The molecule has 0 radical (unpaired) electrons. The van der Waals surface area contributed by atoms with E-state index in [-0.39, 0.29) is 12.1 Å². The van der Waals surface area contributed by atoms with Gasteiger partial charge in [0.2, 0.25) is 0 Å². The smallest absolute Gasteiger partial charge is 0.0627 e. The molecule has 0 amide bonds. The molecule has 1 saturated carbocycles. The van der Waals surface area contributed by atoms with Crippen molar-refractivity contribution in [3.8, 4) is 0 Å². The van der Waals surface area contributed by atoms with Gasteiger partial charge < -0.3 is 10.8 Å². The Hall–Kier alpha value is -0.120. The van der Waals surface area contributed by atoms with Crippen molar-refractivity contribution < 1.29 is 5.11 Å². The van der Waals surface area contributed by atoms with Gasteiger partial charge in [0.15, 0.2) is 0 Å². The third-order valence-electron chi connectivity index (χ3n) is 3.72. The minimum Gasteiger partial charge on any atom is -0.394 e. The van der Waals surface area contributed by atoms with Gasteiger partial charge in [-0.05, 0) is 25.2 Å². The number of nitrogens with zero attached hydrogens (tertiary/aromatic N) is 1. The zero-order chi connectivity index (χ0) is 10.3. The Morgan fingerprint density at radius 2 is 2.14 bits per heavy atom. The number of hydrogen-bond acceptors (Lipinski definition) is 3. The van der Waals surface area contributed by atoms with Crippen LogP contribution in [0, 0.1) is 5.92 Å². The lowest BCUT2D eigenvalue weighted by atomic mass is 9.85. The maximum Gasteiger partial charge on any atom is 0.0627 e. The fourth-order valence-electron chi connectivity index (χ4n) is 2.99. The van der Waals surface area contributed by atoms with Gasteiger partial charge in [0.05, 0.1) is 12.1 Å². The molecule has 1 saturated heterocycles. The first-order chi connectivity index (χ1) is 6.58. The van der Waals surface area contributed by atoms with Crippen molar-refractivity contribution in [2.45, 2.75) is 50.7 Å². The zero-order valence-electron chi connectivity index (χ0n) is 9.24. The molecule has 0 aromatic rings. The van der Waals surface area contributed by atoms with E-state index in [9.17, 15) is 5.11 Å². The molecule has 0 aromatic heterocycles. The van der Waals surface area contributed by atoms with Gasteiger partial charge in [0, 0.05) is 18.6 Å². The van der Waals surface area contributed by atoms with Gasteiger partial charge in [-0.15, -0.1) is 0 Å². The van der Waals surface area contributed by atoms with Crippen molar-refractivity contribution in [2.75, 3.05) is 13.2 Å². The van der Waals surface area contributed by atoms with E-state index in [0.717, 1.165) is 19.0 Å². The van der Waals surface area contributed by atoms with E-state index in [1.54, 1.807) is 0 Å². The number of hydrogen-bond donors (Lipinski definition) is 2. The third-order valence-corrected chi connectivity index (χ3v) is 3.72. The monoisotopic (exact) mass is 198 g/mol. The molecule has 2 unspecified atom stereocenters. The molecule has 1 aliphatic carbocycles. The summed E-state index contributed by atoms with van der Waals surface area (Å²) in [6.07, 6.45) is 3.60. The Morgan fingerprint density at radius 1 is 1.50 bits per heavy atom. The van der Waals surface area contributed by atoms with Gasteiger partial charge in [0.1, 0.15) is 0 Å². The molecule has 0 spiro atoms. The highest BCUT2D eigenvalue weighted by Crippen LogP contribution is 2.39. The van der Waals surface area contributed by atoms with Crippen LogP contribution in [0.2, 0.25) is 0 Å². The second-order valence-electron chi connectivity index (χ2n) is 5.30. The average molecular weight is 198 g/mol. The Balaban J connectivity index is 2.14. The molecule has 0 aromatic carbocycles. The van der Waals surface area contributed by atoms with Crippen molar-refractivity contribution in [3.63, 3.8) is 0 Å². The molecule has 2 aliphatic rings. The van der Waals surface area contributed by atoms with E-state index < -0.39 is 0 Å². The second-order valence-corrected chi connectivity index (χ2v) is 5.30. The molecule has 1 heterocycles. The van der Waals surface area contributed by atoms with Gasteiger partial charge in [-0.25, -0.2) is 0 Å². The summed E-state index contributed by atoms with van der Waals surface area (Å²) in [4.78, 5) is 2.53. The van der Waals surface area contributed by atoms with E-state index in [2.05, 4.69) is 18.7 Å². The number of rotatable bonds is 3. The molecular weight excluding hydrogens is 176 g/mol. The van der Waals surface area contributed by atoms with Crippen LogP contribution in [0.5, 0.6) is 0 Å². The van der Waals surface area contributed by atoms with E-state index in [1.165, 1.54) is 12.8 Å². The minimum atomic E-state index is -0.350. The average Bonchev–Trinajstić information content (AvgIpc) is 2.90. The first-order valence-electron chi connectivity index (χ1n) is 5.74. The maximum absolute atomic E-state index is 9.41. The van der Waals surface area contributed by atoms with Crippen molar-refractivity contribution in [2.24, 2.45) is 11.7 Å². The first kappa shape index (κ1) is 10.4. The fourth-order valence-corrected chi connectivity index (χ4v) is 2.99. The second kappa shape index (κ2) is 3.47. The molecule has 2 atom stereocenters. The van der Waals surface area contributed by atoms with Crippen LogP contribution < -0.4 is 5.73 Å². The molecule has 3 heteroatoms. The summed E-state index contributed by atoms with van der Waals surface area (Å²) in [6.45, 7) is 5.62. The molecule has 2 rings (SSSR count). The van der Waals surface area contributed by atoms with Gasteiger partial charge in [-0.2, -0.15) is 0 Å². The molecular formula is C11H22N2O. The fraction of sp³-hybridized carbons (Fsp3) is 1.00. The predicted octanol–water partition coefficient (Wildman–Crippen LogP) is 0.569. The minimum absolute atomic E-state index is 0.124. The zero-order valence-corrected chi connectivity index (χ0v) is 9.24. The van der Waals surface area contributed by atoms with Crippen LogP contribution in [0.3, 0.4) is 0 Å². The lowest BCUT2D eigenvalue weighted by molar-refractivity contribution is 0.105. The highest BCUT2D eigenvalue weighted by molar-refractivity contribution is 5.08. The molecule has 3 nitrogen and oxygen atoms in total. The summed E-state index contributed by atoms with van der Waals surface area (Å²) in [6, 6.07) is 1.14. The van der Waals surface area contributed by atoms with Crippen LogP contribution in [0.4, 0.5) is 0 Å². The number of aliphatic hydroxyl groups excluding tert-OH is 1. The van der Waals surface area contributed by atoms with Gasteiger partial charge in [-0.1, -0.05) is 13.8 Å². The summed E-state index contributed by atoms with van der Waals surface area (Å²) in [5.41, 5.74) is 5.92. The Labute approximate surface area is 86.3 Å². The third kappa shape index (κ3) is 1.58. The predicted molar refractivity (Wildman–Crippen MR) is 57.0 cm³/mol. The Morgan fingerprint density at radius 3 is 2.57 bits per heavy atom. The summed E-state index contributed by atoms with van der Waals surface area (Å²) >= 11 is 0. The lowest BCUT2D eigenvalue weighted by Crippen LogP contribution is -2.57. The van der Waals surface area contributed by atoms with Crippen molar-refractivity contribution in [1.29, 1.82) is 0 Å². The molecule has 14 heavy (non-hydrogen) atoms. The molecule has 2 fully saturated rings. The van der Waals surface area contributed by atoms with E-state index in [4.69, 9.17) is 5.73 Å². The van der Waals surface area contributed by atoms with Crippen LogP contribution in [-0.4, -0.2) is 40.8 Å². The van der Waals surface area contributed by atoms with Crippen LogP contribution in [0.25, 0.3) is 0 Å². The van der Waals surface area contributed by atoms with Crippen molar-refractivity contribution in [1.82, 2.24) is 4.90 Å². The van der Waals surface area contributed by atoms with Crippen LogP contribution in [0.1, 0.15) is 33.1 Å². The lowest BCUT2D eigenvalue weighted by Gasteiger charge is -2.37. The Kier molecular flexibility index (Phi) is 2.58. The number of likely N-dealkylation sites (tertiary alicyclic amines) is 1. The van der Waals surface area contributed by atoms with E-state index in [1.807, 2.05) is 0 Å². The summed E-state index contributed by atoms with van der Waals surface area (Å²) in [5, 5.41) is 9.41. The SMILES string of the molecule is CC(C)C1N(C2CC2)CCC1(N)CO. The highest BCUT2D eigenvalue weighted by Gasteiger charge is 2.49. The maximum atomic E-state index is 9.41. The summed E-state index contributed by atoms with van der Waals surface area (Å²) in [5.74, 6) is 0.537. The number of aliphatic hydroxyl groups is 1. The standard InChI is InChI=1S/C11H22N2O/c1-8(2)10-11(12,7-14)5-6-13(10)9-3-4-9/h8-10,14H,3-7,12H2,1-2H3. The molecule has 0 bridgehead atoms. The largest absolute Gasteiger partial charge is 0.394 e. The Bertz CT molecular complexity index is 215. The van der Waals surface area contributed by atoms with Crippen LogP contribution >= 0.6 is 0 Å². The normalized spacial score (nSPS) is 39.6. The van der Waals surface area contributed by atoms with Crippen LogP contribution in [-0.2, 0) is 0 Å². The van der Waals surface area contributed by atoms with E-state index in [0.29, 0.717) is 12.0 Å². The number of nitrogens with two attached hydrogens (primary N) is 1. The van der Waals surface area contributed by atoms with Gasteiger partial charge >= 0.3 is 0 Å². The van der Waals surface area contributed by atoms with Crippen LogP contribution in [0.15, 0.2) is 0 Å². The molecule has 82 valence electrons. The van der Waals surface area contributed by atoms with Gasteiger partial charge in [-0.3, -0.25) is 4.90 Å². The highest BCUT2D eigenvalue weighted by atomic mass is 16.3. The summed E-state index contributed by atoms with van der Waals surface area (Å²) < 4.78 is 0. The quantitative estimate of drug-likeness (QED) is 0.697. The molecule has 3 N–H and O–H groups in total. The first-order valence-corrected chi connectivity index (χ1v) is 5.74. The van der Waals surface area contributed by atoms with Gasteiger partial charge in [0.25, 0.3) is 0 Å².